The molecule has 11 nitrogen and oxygen atoms in total. The number of nitrogens with zero attached hydrogens (tertiary/aromatic N) is 3. The number of hydrogen-bond acceptors (Lipinski definition) is 10. The number of allylic oxidation sites excluding steroid dienone is 1. The number of benzene rings is 1. The Hall–Kier alpha value is -3.90. The Morgan fingerprint density at radius 2 is 1.76 bits per heavy atom. The fraction of sp³-hybridized carbons (Fsp3) is 0.286. The van der Waals surface area contributed by atoms with Crippen molar-refractivity contribution in [1.29, 1.82) is 0 Å². The lowest BCUT2D eigenvalue weighted by atomic mass is 10.0. The number of hydrogen-bond donors (Lipinski definition) is 3. The summed E-state index contributed by atoms with van der Waals surface area (Å²) < 4.78 is 21.2. The molecule has 0 spiro atoms. The van der Waals surface area contributed by atoms with Crippen LogP contribution in [-0.2, 0) is 14.3 Å². The molecule has 0 saturated carbocycles. The van der Waals surface area contributed by atoms with Gasteiger partial charge in [0.1, 0.15) is 23.0 Å². The first kappa shape index (κ1) is 31.6. The van der Waals surface area contributed by atoms with Crippen molar-refractivity contribution in [3.63, 3.8) is 0 Å². The van der Waals surface area contributed by atoms with Crippen LogP contribution in [0, 0.1) is 0 Å². The Morgan fingerprint density at radius 3 is 2.34 bits per heavy atom. The SMILES string of the molecule is C=CC(=O)NC(=CN)C(=NCCOC)c1cc2c(NCCOC)nc(-c3c(Cl)c(OC)cc(OC)c3Cl)cc2cn1. The number of halogens is 2. The first-order valence-electron chi connectivity index (χ1n) is 12.4. The lowest BCUT2D eigenvalue weighted by Gasteiger charge is -2.17. The molecule has 0 atom stereocenters. The van der Waals surface area contributed by atoms with Crippen molar-refractivity contribution in [1.82, 2.24) is 15.3 Å². The van der Waals surface area contributed by atoms with Gasteiger partial charge in [0, 0.05) is 55.6 Å². The van der Waals surface area contributed by atoms with Crippen LogP contribution in [0.1, 0.15) is 5.69 Å². The van der Waals surface area contributed by atoms with Gasteiger partial charge < -0.3 is 35.3 Å². The highest BCUT2D eigenvalue weighted by Gasteiger charge is 2.22. The zero-order valence-electron chi connectivity index (χ0n) is 23.2. The molecule has 218 valence electrons. The van der Waals surface area contributed by atoms with Crippen LogP contribution >= 0.6 is 23.2 Å². The molecule has 1 aromatic carbocycles. The first-order chi connectivity index (χ1) is 19.8. The van der Waals surface area contributed by atoms with E-state index in [2.05, 4.69) is 27.2 Å². The largest absolute Gasteiger partial charge is 0.495 e. The predicted molar refractivity (Wildman–Crippen MR) is 162 cm³/mol. The number of anilines is 1. The van der Waals surface area contributed by atoms with Crippen molar-refractivity contribution in [3.05, 3.63) is 64.7 Å². The number of aliphatic imine (C=N–C) groups is 1. The van der Waals surface area contributed by atoms with Gasteiger partial charge in [0.2, 0.25) is 5.91 Å². The molecule has 0 aliphatic carbocycles. The molecule has 0 aliphatic rings. The average molecular weight is 604 g/mol. The molecule has 2 heterocycles. The van der Waals surface area contributed by atoms with Gasteiger partial charge in [0.15, 0.2) is 0 Å². The maximum Gasteiger partial charge on any atom is 0.247 e. The number of fused-ring (bicyclic) bond motifs is 1. The van der Waals surface area contributed by atoms with E-state index >= 15 is 0 Å². The number of carbonyl (C=O) groups excluding carboxylic acids is 1. The molecule has 0 saturated heterocycles. The Balaban J connectivity index is 2.26. The van der Waals surface area contributed by atoms with Gasteiger partial charge in [0.25, 0.3) is 0 Å². The minimum atomic E-state index is -0.447. The summed E-state index contributed by atoms with van der Waals surface area (Å²) in [5, 5.41) is 7.97. The minimum absolute atomic E-state index is 0.262. The molecule has 4 N–H and O–H groups in total. The maximum absolute atomic E-state index is 12.1. The summed E-state index contributed by atoms with van der Waals surface area (Å²) in [7, 11) is 6.18. The molecule has 0 aliphatic heterocycles. The summed E-state index contributed by atoms with van der Waals surface area (Å²) in [6.07, 6.45) is 4.04. The number of aromatic nitrogens is 2. The van der Waals surface area contributed by atoms with Crippen LogP contribution < -0.4 is 25.8 Å². The second-order valence-electron chi connectivity index (χ2n) is 8.35. The highest BCUT2D eigenvalue weighted by molar-refractivity contribution is 6.41. The Kier molecular flexibility index (Phi) is 11.7. The third-order valence-electron chi connectivity index (χ3n) is 5.82. The van der Waals surface area contributed by atoms with Gasteiger partial charge in [-0.2, -0.15) is 0 Å². The summed E-state index contributed by atoms with van der Waals surface area (Å²) >= 11 is 13.4. The Bertz CT molecular complexity index is 1450. The number of ether oxygens (including phenoxy) is 4. The van der Waals surface area contributed by atoms with Crippen molar-refractivity contribution < 1.29 is 23.7 Å². The van der Waals surface area contributed by atoms with Crippen LogP contribution in [0.2, 0.25) is 10.0 Å². The smallest absolute Gasteiger partial charge is 0.247 e. The fourth-order valence-electron chi connectivity index (χ4n) is 3.84. The third-order valence-corrected chi connectivity index (χ3v) is 6.57. The van der Waals surface area contributed by atoms with E-state index in [9.17, 15) is 4.79 Å². The van der Waals surface area contributed by atoms with Gasteiger partial charge in [-0.1, -0.05) is 29.8 Å². The molecule has 2 aromatic heterocycles. The van der Waals surface area contributed by atoms with Crippen LogP contribution in [0.3, 0.4) is 0 Å². The number of nitrogens with one attached hydrogen (secondary N) is 2. The number of rotatable bonds is 14. The van der Waals surface area contributed by atoms with Crippen LogP contribution in [0.5, 0.6) is 11.5 Å². The van der Waals surface area contributed by atoms with Crippen molar-refractivity contribution >= 4 is 51.4 Å². The molecule has 3 aromatic rings. The number of nitrogens with two attached hydrogens (primary N) is 1. The summed E-state index contributed by atoms with van der Waals surface area (Å²) in [6.45, 7) is 5.04. The van der Waals surface area contributed by atoms with Crippen molar-refractivity contribution in [2.24, 2.45) is 10.7 Å². The number of carbonyl (C=O) groups is 1. The third kappa shape index (κ3) is 7.44. The molecular weight excluding hydrogens is 571 g/mol. The van der Waals surface area contributed by atoms with Crippen molar-refractivity contribution in [2.75, 3.05) is 60.1 Å². The first-order valence-corrected chi connectivity index (χ1v) is 13.1. The molecule has 0 fully saturated rings. The van der Waals surface area contributed by atoms with Gasteiger partial charge in [-0.25, -0.2) is 4.98 Å². The lowest BCUT2D eigenvalue weighted by molar-refractivity contribution is -0.115. The van der Waals surface area contributed by atoms with E-state index in [4.69, 9.17) is 52.9 Å². The molecule has 0 unspecified atom stereocenters. The molecule has 1 amide bonds. The van der Waals surface area contributed by atoms with Crippen LogP contribution in [0.4, 0.5) is 5.82 Å². The molecule has 3 rings (SSSR count). The Labute approximate surface area is 248 Å². The molecule has 0 bridgehead atoms. The molecule has 0 radical (unpaired) electrons. The number of pyridine rings is 2. The normalized spacial score (nSPS) is 11.9. The van der Waals surface area contributed by atoms with Gasteiger partial charge in [-0.15, -0.1) is 0 Å². The van der Waals surface area contributed by atoms with Crippen molar-refractivity contribution in [3.8, 4) is 22.8 Å². The highest BCUT2D eigenvalue weighted by atomic mass is 35.5. The summed E-state index contributed by atoms with van der Waals surface area (Å²) in [5.41, 5.74) is 7.83. The summed E-state index contributed by atoms with van der Waals surface area (Å²) in [5.74, 6) is 0.827. The zero-order chi connectivity index (χ0) is 29.9. The monoisotopic (exact) mass is 602 g/mol. The summed E-state index contributed by atoms with van der Waals surface area (Å²) in [4.78, 5) is 26.2. The van der Waals surface area contributed by atoms with E-state index in [0.717, 1.165) is 11.5 Å². The Morgan fingerprint density at radius 1 is 1.07 bits per heavy atom. The van der Waals surface area contributed by atoms with Crippen LogP contribution in [0.25, 0.3) is 22.0 Å². The topological polar surface area (TPSA) is 142 Å². The minimum Gasteiger partial charge on any atom is -0.495 e. The van der Waals surface area contributed by atoms with Gasteiger partial charge in [-0.3, -0.25) is 14.8 Å². The lowest BCUT2D eigenvalue weighted by Crippen LogP contribution is -2.28. The van der Waals surface area contributed by atoms with E-state index in [1.807, 2.05) is 0 Å². The quantitative estimate of drug-likeness (QED) is 0.140. The van der Waals surface area contributed by atoms with E-state index in [0.29, 0.717) is 71.7 Å². The fourth-order valence-corrected chi connectivity index (χ4v) is 4.53. The van der Waals surface area contributed by atoms with Crippen LogP contribution in [0.15, 0.2) is 53.9 Å². The maximum atomic E-state index is 12.1. The van der Waals surface area contributed by atoms with E-state index < -0.39 is 5.91 Å². The molecular formula is C28H32Cl2N6O5. The van der Waals surface area contributed by atoms with E-state index in [1.54, 1.807) is 38.6 Å². The second kappa shape index (κ2) is 15.2. The summed E-state index contributed by atoms with van der Waals surface area (Å²) in [6, 6.07) is 5.21. The number of amides is 1. The van der Waals surface area contributed by atoms with Crippen molar-refractivity contribution in [2.45, 2.75) is 0 Å². The standard InChI is InChI=1S/C28H32Cl2N6O5/c1-6-23(37)35-20(14-31)27(32-7-9-38-2)19-12-17-16(15-34-19)11-18(36-28(17)33-8-10-39-3)24-25(29)21(40-4)13-22(41-5)26(24)30/h6,11-15H,1,7-10,31H2,2-5H3,(H,33,36)(H,35,37). The predicted octanol–water partition coefficient (Wildman–Crippen LogP) is 4.22. The van der Waals surface area contributed by atoms with Crippen LogP contribution in [-0.4, -0.2) is 76.3 Å². The highest BCUT2D eigenvalue weighted by Crippen LogP contribution is 2.46. The second-order valence-corrected chi connectivity index (χ2v) is 9.10. The van der Waals surface area contributed by atoms with Gasteiger partial charge in [-0.05, 0) is 18.2 Å². The average Bonchev–Trinajstić information content (AvgIpc) is 2.98. The van der Waals surface area contributed by atoms with Gasteiger partial charge >= 0.3 is 0 Å². The molecule has 41 heavy (non-hydrogen) atoms. The molecule has 13 heteroatoms. The zero-order valence-corrected chi connectivity index (χ0v) is 24.7. The van der Waals surface area contributed by atoms with E-state index in [1.165, 1.54) is 20.4 Å². The van der Waals surface area contributed by atoms with E-state index in [-0.39, 0.29) is 15.7 Å². The van der Waals surface area contributed by atoms with Gasteiger partial charge in [0.05, 0.1) is 61.1 Å². The number of methoxy groups -OCH3 is 4.